The van der Waals surface area contributed by atoms with Gasteiger partial charge in [-0.25, -0.2) is 0 Å². The van der Waals surface area contributed by atoms with Crippen molar-refractivity contribution in [2.24, 2.45) is 0 Å². The number of amides is 2. The summed E-state index contributed by atoms with van der Waals surface area (Å²) >= 11 is -0.630. The summed E-state index contributed by atoms with van der Waals surface area (Å²) in [5.74, 6) is -3.21. The van der Waals surface area contributed by atoms with Crippen LogP contribution >= 0.6 is 0 Å². The number of benzene rings is 2. The number of carboxylic acid groups (broad SMARTS) is 1. The Kier molecular flexibility index (Phi) is 11.3. The van der Waals surface area contributed by atoms with E-state index < -0.39 is 57.9 Å². The molecule has 0 atom stereocenters. The van der Waals surface area contributed by atoms with Crippen LogP contribution in [0.4, 0.5) is 4.39 Å². The van der Waals surface area contributed by atoms with Gasteiger partial charge in [-0.2, -0.15) is 0 Å². The molecule has 0 aliphatic heterocycles. The van der Waals surface area contributed by atoms with Gasteiger partial charge in [-0.1, -0.05) is 0 Å². The Morgan fingerprint density at radius 2 is 1.66 bits per heavy atom. The quantitative estimate of drug-likeness (QED) is 0.109. The molecule has 4 aromatic rings. The molecule has 0 spiro atoms. The van der Waals surface area contributed by atoms with Crippen LogP contribution in [-0.4, -0.2) is 69.2 Å². The van der Waals surface area contributed by atoms with Crippen molar-refractivity contribution >= 4 is 49.3 Å². The van der Waals surface area contributed by atoms with Crippen LogP contribution in [0.1, 0.15) is 68.3 Å². The molecule has 250 valence electrons. The Labute approximate surface area is 280 Å². The molecule has 3 N–H and O–H groups in total. The molecule has 2 amide bonds. The number of carboxylic acids is 1. The molecule has 1 aliphatic carbocycles. The van der Waals surface area contributed by atoms with Gasteiger partial charge in [0.25, 0.3) is 0 Å². The van der Waals surface area contributed by atoms with Crippen molar-refractivity contribution in [1.29, 1.82) is 0 Å². The first-order valence-electron chi connectivity index (χ1n) is 15.7. The molecule has 1 fully saturated rings. The molecule has 2 aromatic heterocycles. The van der Waals surface area contributed by atoms with Gasteiger partial charge >= 0.3 is 220 Å². The van der Waals surface area contributed by atoms with Gasteiger partial charge in [0, 0.05) is 0 Å². The number of hydrogen-bond acceptors (Lipinski definition) is 7. The third kappa shape index (κ3) is 8.58. The van der Waals surface area contributed by atoms with E-state index in [9.17, 15) is 24.0 Å². The third-order valence-electron chi connectivity index (χ3n) is 8.16. The first-order chi connectivity index (χ1) is 22.6. The molecule has 0 bridgehead atoms. The van der Waals surface area contributed by atoms with E-state index in [-0.39, 0.29) is 34.6 Å². The number of fused-ring (bicyclic) bond motifs is 2. The Bertz CT molecular complexity index is 1830. The summed E-state index contributed by atoms with van der Waals surface area (Å²) in [6.45, 7) is 0.549. The number of aliphatic carboxylic acids is 1. The van der Waals surface area contributed by atoms with Crippen LogP contribution in [0.3, 0.4) is 0 Å². The zero-order chi connectivity index (χ0) is 33.5. The first-order valence-corrected chi connectivity index (χ1v) is 18.0. The first kappa shape index (κ1) is 34.1. The Hall–Kier alpha value is -4.21. The van der Waals surface area contributed by atoms with Crippen LogP contribution in [0.2, 0.25) is 0 Å². The topological polar surface area (TPSA) is 165 Å². The number of nitrogens with zero attached hydrogens (tertiary/aromatic N) is 4. The number of aryl methyl sites for hydroxylation is 1. The summed E-state index contributed by atoms with van der Waals surface area (Å²) < 4.78 is 19.0. The van der Waals surface area contributed by atoms with Crippen LogP contribution < -0.4 is 31.8 Å². The Morgan fingerprint density at radius 3 is 2.40 bits per heavy atom. The molecule has 0 saturated heterocycles. The molecule has 5 rings (SSSR count). The SMILES string of the molecule is Cc1nn(CC(=O)NCC(=O)NCC(=O)O)c2cccc(-c3cc4c(cnn4C(=O)CCC(=O)[I-]C4CCCCCCC4)cc3F)c12. The number of nitrogens with one attached hydrogen (secondary N) is 2. The maximum absolute atomic E-state index is 15.6. The summed E-state index contributed by atoms with van der Waals surface area (Å²) in [4.78, 5) is 61.0. The predicted octanol–water partition coefficient (Wildman–Crippen LogP) is 0.966. The average molecular weight is 760 g/mol. The maximum atomic E-state index is 15.6. The molecule has 14 heteroatoms. The van der Waals surface area contributed by atoms with Gasteiger partial charge in [0.05, 0.1) is 6.54 Å². The molecule has 47 heavy (non-hydrogen) atoms. The van der Waals surface area contributed by atoms with Gasteiger partial charge in [-0.3, -0.25) is 14.4 Å². The molecule has 12 nitrogen and oxygen atoms in total. The molecule has 0 radical (unpaired) electrons. The van der Waals surface area contributed by atoms with Crippen LogP contribution in [0.15, 0.2) is 36.5 Å². The van der Waals surface area contributed by atoms with Gasteiger partial charge in [-0.05, 0) is 0 Å². The van der Waals surface area contributed by atoms with Gasteiger partial charge in [0.1, 0.15) is 13.1 Å². The van der Waals surface area contributed by atoms with E-state index in [1.165, 1.54) is 53.7 Å². The summed E-state index contributed by atoms with van der Waals surface area (Å²) in [6.07, 6.45) is 9.98. The second-order valence-corrected chi connectivity index (χ2v) is 15.2. The van der Waals surface area contributed by atoms with Gasteiger partial charge < -0.3 is 15.7 Å². The number of carbonyl (C=O) groups excluding carboxylic acids is 4. The summed E-state index contributed by atoms with van der Waals surface area (Å²) in [7, 11) is 0. The molecule has 0 unspecified atom stereocenters. The third-order valence-corrected chi connectivity index (χ3v) is 11.5. The van der Waals surface area contributed by atoms with E-state index in [2.05, 4.69) is 20.8 Å². The minimum atomic E-state index is -1.20. The molecular formula is C33H37FIN6O6-. The van der Waals surface area contributed by atoms with Crippen molar-refractivity contribution in [3.8, 4) is 11.1 Å². The summed E-state index contributed by atoms with van der Waals surface area (Å²) in [5.41, 5.74) is 2.26. The fourth-order valence-corrected chi connectivity index (χ4v) is 8.94. The van der Waals surface area contributed by atoms with Crippen LogP contribution in [0, 0.1) is 12.7 Å². The molecule has 1 aliphatic rings. The van der Waals surface area contributed by atoms with Crippen molar-refractivity contribution in [2.75, 3.05) is 13.1 Å². The van der Waals surface area contributed by atoms with Crippen molar-refractivity contribution < 1.29 is 54.7 Å². The van der Waals surface area contributed by atoms with Crippen LogP contribution in [-0.2, 0) is 25.7 Å². The van der Waals surface area contributed by atoms with Crippen LogP contribution in [0.25, 0.3) is 32.9 Å². The standard InChI is InChI=1S/C33H37FIN6O6/c1-20-33-23(10-7-11-26(33)40(39-20)19-30(44)36-17-29(43)37-18-32(46)47)24-15-27-21(14-25(24)34)16-38-41(27)31(45)13-12-28(42)35-22-8-5-3-2-4-6-9-22/h7,10-11,14-16,22H,2-6,8-9,12-13,17-19H2,1H3,(H,36,44)(H,37,43)(H,46,47)/q-1. The zero-order valence-corrected chi connectivity index (χ0v) is 28.2. The molecular weight excluding hydrogens is 722 g/mol. The minimum absolute atomic E-state index is 0.0412. The Balaban J connectivity index is 1.31. The van der Waals surface area contributed by atoms with E-state index in [4.69, 9.17) is 5.11 Å². The van der Waals surface area contributed by atoms with E-state index in [0.29, 0.717) is 37.0 Å². The molecule has 1 saturated carbocycles. The van der Waals surface area contributed by atoms with Gasteiger partial charge in [0.15, 0.2) is 0 Å². The predicted molar refractivity (Wildman–Crippen MR) is 168 cm³/mol. The zero-order valence-electron chi connectivity index (χ0n) is 26.1. The fourth-order valence-electron chi connectivity index (χ4n) is 5.88. The monoisotopic (exact) mass is 759 g/mol. The van der Waals surface area contributed by atoms with Crippen molar-refractivity contribution in [2.45, 2.75) is 75.2 Å². The van der Waals surface area contributed by atoms with Crippen molar-refractivity contribution in [3.05, 3.63) is 48.0 Å². The average Bonchev–Trinajstić information content (AvgIpc) is 3.58. The molecule has 2 aromatic carbocycles. The van der Waals surface area contributed by atoms with Gasteiger partial charge in [0.2, 0.25) is 11.8 Å². The van der Waals surface area contributed by atoms with E-state index in [0.717, 1.165) is 12.8 Å². The van der Waals surface area contributed by atoms with E-state index in [1.807, 2.05) is 0 Å². The van der Waals surface area contributed by atoms with Gasteiger partial charge in [-0.15, -0.1) is 0 Å². The number of carbonyl (C=O) groups is 5. The fraction of sp³-hybridized carbons (Fsp3) is 0.424. The second-order valence-electron chi connectivity index (χ2n) is 11.6. The normalized spacial score (nSPS) is 14.2. The van der Waals surface area contributed by atoms with Crippen LogP contribution in [0.5, 0.6) is 0 Å². The van der Waals surface area contributed by atoms with Crippen molar-refractivity contribution in [1.82, 2.24) is 30.2 Å². The number of rotatable bonds is 12. The number of alkyl halides is 1. The number of halogens is 2. The number of aromatic nitrogens is 4. The summed E-state index contributed by atoms with van der Waals surface area (Å²) in [5, 5.41) is 23.0. The molecule has 2 heterocycles. The van der Waals surface area contributed by atoms with E-state index in [1.54, 1.807) is 31.2 Å². The second kappa shape index (κ2) is 15.6. The Morgan fingerprint density at radius 1 is 0.936 bits per heavy atom. The van der Waals surface area contributed by atoms with E-state index >= 15 is 4.39 Å². The number of hydrogen-bond donors (Lipinski definition) is 3. The van der Waals surface area contributed by atoms with Crippen molar-refractivity contribution in [3.63, 3.8) is 0 Å². The summed E-state index contributed by atoms with van der Waals surface area (Å²) in [6, 6.07) is 8.09.